The summed E-state index contributed by atoms with van der Waals surface area (Å²) in [5.74, 6) is 2.66. The first kappa shape index (κ1) is 11.8. The van der Waals surface area contributed by atoms with Crippen molar-refractivity contribution in [2.24, 2.45) is 11.8 Å². The summed E-state index contributed by atoms with van der Waals surface area (Å²) in [6.45, 7) is 9.78. The molecule has 0 amide bonds. The highest BCUT2D eigenvalue weighted by molar-refractivity contribution is 7.09. The lowest BCUT2D eigenvalue weighted by atomic mass is 9.96. The van der Waals surface area contributed by atoms with Crippen LogP contribution in [0.25, 0.3) is 0 Å². The van der Waals surface area contributed by atoms with E-state index in [-0.39, 0.29) is 5.41 Å². The topological polar surface area (TPSA) is 37.8 Å². The fraction of sp³-hybridized carbons (Fsp3) is 0.833. The Balaban J connectivity index is 1.87. The van der Waals surface area contributed by atoms with E-state index in [1.807, 2.05) is 0 Å². The van der Waals surface area contributed by atoms with Crippen LogP contribution in [0.1, 0.15) is 46.4 Å². The van der Waals surface area contributed by atoms with Crippen LogP contribution in [-0.2, 0) is 5.41 Å². The number of hydrogen-bond donors (Lipinski definition) is 1. The fourth-order valence-electron chi connectivity index (χ4n) is 1.68. The zero-order valence-corrected chi connectivity index (χ0v) is 11.4. The van der Waals surface area contributed by atoms with Crippen molar-refractivity contribution in [1.82, 2.24) is 9.36 Å². The third-order valence-corrected chi connectivity index (χ3v) is 3.77. The lowest BCUT2D eigenvalue weighted by Crippen LogP contribution is -2.15. The maximum atomic E-state index is 4.53. The Morgan fingerprint density at radius 1 is 1.44 bits per heavy atom. The maximum absolute atomic E-state index is 4.53. The molecule has 1 unspecified atom stereocenters. The maximum Gasteiger partial charge on any atom is 0.202 e. The summed E-state index contributed by atoms with van der Waals surface area (Å²) in [6, 6.07) is 0. The molecule has 1 N–H and O–H groups in total. The average molecular weight is 239 g/mol. The van der Waals surface area contributed by atoms with Gasteiger partial charge in [-0.05, 0) is 24.7 Å². The van der Waals surface area contributed by atoms with Crippen LogP contribution in [0.4, 0.5) is 5.13 Å². The standard InChI is InChI=1S/C12H21N3S/c1-8(9-5-6-9)7-13-11-14-10(15-16-11)12(2,3)4/h8-9H,5-7H2,1-4H3,(H,13,14,15). The summed E-state index contributed by atoms with van der Waals surface area (Å²) < 4.78 is 4.39. The second kappa shape index (κ2) is 4.32. The van der Waals surface area contributed by atoms with Crippen molar-refractivity contribution < 1.29 is 0 Å². The van der Waals surface area contributed by atoms with Gasteiger partial charge in [0.1, 0.15) is 5.82 Å². The fourth-order valence-corrected chi connectivity index (χ4v) is 2.44. The molecule has 1 heterocycles. The van der Waals surface area contributed by atoms with Crippen molar-refractivity contribution >= 4 is 16.7 Å². The van der Waals surface area contributed by atoms with Crippen LogP contribution in [0.15, 0.2) is 0 Å². The molecular weight excluding hydrogens is 218 g/mol. The molecule has 1 saturated carbocycles. The number of aromatic nitrogens is 2. The van der Waals surface area contributed by atoms with Gasteiger partial charge in [-0.3, -0.25) is 0 Å². The highest BCUT2D eigenvalue weighted by atomic mass is 32.1. The Morgan fingerprint density at radius 3 is 2.62 bits per heavy atom. The van der Waals surface area contributed by atoms with Gasteiger partial charge in [-0.2, -0.15) is 4.37 Å². The molecule has 1 atom stereocenters. The number of nitrogens with zero attached hydrogens (tertiary/aromatic N) is 2. The first-order valence-electron chi connectivity index (χ1n) is 6.05. The van der Waals surface area contributed by atoms with Crippen LogP contribution >= 0.6 is 11.5 Å². The lowest BCUT2D eigenvalue weighted by Gasteiger charge is -2.12. The zero-order chi connectivity index (χ0) is 11.8. The number of nitrogens with one attached hydrogen (secondary N) is 1. The molecule has 0 saturated heterocycles. The second-order valence-electron chi connectivity index (χ2n) is 5.87. The minimum Gasteiger partial charge on any atom is -0.360 e. The summed E-state index contributed by atoms with van der Waals surface area (Å²) in [5, 5.41) is 4.37. The van der Waals surface area contributed by atoms with Crippen LogP contribution in [0.3, 0.4) is 0 Å². The summed E-state index contributed by atoms with van der Waals surface area (Å²) >= 11 is 1.48. The Bertz CT molecular complexity index is 349. The van der Waals surface area contributed by atoms with Gasteiger partial charge in [-0.15, -0.1) is 0 Å². The summed E-state index contributed by atoms with van der Waals surface area (Å²) in [6.07, 6.45) is 2.82. The van der Waals surface area contributed by atoms with E-state index < -0.39 is 0 Å². The van der Waals surface area contributed by atoms with E-state index in [9.17, 15) is 0 Å². The van der Waals surface area contributed by atoms with E-state index in [2.05, 4.69) is 42.4 Å². The molecule has 16 heavy (non-hydrogen) atoms. The highest BCUT2D eigenvalue weighted by Gasteiger charge is 2.27. The molecule has 1 fully saturated rings. The van der Waals surface area contributed by atoms with Gasteiger partial charge in [-0.25, -0.2) is 4.98 Å². The number of rotatable bonds is 4. The molecule has 90 valence electrons. The SMILES string of the molecule is CC(CNc1nc(C(C)(C)C)ns1)C1CC1. The largest absolute Gasteiger partial charge is 0.360 e. The first-order chi connectivity index (χ1) is 7.47. The Kier molecular flexibility index (Phi) is 3.19. The van der Waals surface area contributed by atoms with Gasteiger partial charge >= 0.3 is 0 Å². The van der Waals surface area contributed by atoms with Crippen LogP contribution in [0, 0.1) is 11.8 Å². The van der Waals surface area contributed by atoms with Gasteiger partial charge in [0.05, 0.1) is 0 Å². The van der Waals surface area contributed by atoms with Gasteiger partial charge in [0, 0.05) is 23.5 Å². The lowest BCUT2D eigenvalue weighted by molar-refractivity contribution is 0.534. The first-order valence-corrected chi connectivity index (χ1v) is 6.82. The molecule has 1 aliphatic rings. The monoisotopic (exact) mass is 239 g/mol. The van der Waals surface area contributed by atoms with Crippen molar-refractivity contribution in [2.75, 3.05) is 11.9 Å². The quantitative estimate of drug-likeness (QED) is 0.876. The van der Waals surface area contributed by atoms with Crippen LogP contribution < -0.4 is 5.32 Å². The van der Waals surface area contributed by atoms with E-state index in [1.54, 1.807) is 0 Å². The zero-order valence-electron chi connectivity index (χ0n) is 10.6. The van der Waals surface area contributed by atoms with Gasteiger partial charge in [0.15, 0.2) is 0 Å². The van der Waals surface area contributed by atoms with Gasteiger partial charge in [-0.1, -0.05) is 27.7 Å². The van der Waals surface area contributed by atoms with Crippen molar-refractivity contribution in [3.63, 3.8) is 0 Å². The van der Waals surface area contributed by atoms with E-state index in [0.717, 1.165) is 29.3 Å². The Morgan fingerprint density at radius 2 is 2.12 bits per heavy atom. The molecule has 4 heteroatoms. The third kappa shape index (κ3) is 2.94. The van der Waals surface area contributed by atoms with Gasteiger partial charge in [0.25, 0.3) is 0 Å². The summed E-state index contributed by atoms with van der Waals surface area (Å²) in [7, 11) is 0. The second-order valence-corrected chi connectivity index (χ2v) is 6.62. The minimum atomic E-state index is 0.0541. The summed E-state index contributed by atoms with van der Waals surface area (Å²) in [4.78, 5) is 4.53. The summed E-state index contributed by atoms with van der Waals surface area (Å²) in [5.41, 5.74) is 0.0541. The van der Waals surface area contributed by atoms with Crippen molar-refractivity contribution in [1.29, 1.82) is 0 Å². The minimum absolute atomic E-state index is 0.0541. The molecule has 1 aromatic rings. The van der Waals surface area contributed by atoms with Crippen LogP contribution in [-0.4, -0.2) is 15.9 Å². The number of anilines is 1. The number of hydrogen-bond acceptors (Lipinski definition) is 4. The Hall–Kier alpha value is -0.640. The van der Waals surface area contributed by atoms with Crippen molar-refractivity contribution in [3.05, 3.63) is 5.82 Å². The smallest absolute Gasteiger partial charge is 0.202 e. The van der Waals surface area contributed by atoms with E-state index in [1.165, 1.54) is 24.4 Å². The van der Waals surface area contributed by atoms with Gasteiger partial charge < -0.3 is 5.32 Å². The molecular formula is C12H21N3S. The molecule has 0 radical (unpaired) electrons. The molecule has 3 nitrogen and oxygen atoms in total. The van der Waals surface area contributed by atoms with Crippen LogP contribution in [0.2, 0.25) is 0 Å². The molecule has 1 aromatic heterocycles. The molecule has 0 spiro atoms. The van der Waals surface area contributed by atoms with E-state index in [0.29, 0.717) is 0 Å². The van der Waals surface area contributed by atoms with Gasteiger partial charge in [0.2, 0.25) is 5.13 Å². The Labute approximate surface area is 102 Å². The van der Waals surface area contributed by atoms with Crippen LogP contribution in [0.5, 0.6) is 0 Å². The third-order valence-electron chi connectivity index (χ3n) is 3.10. The predicted octanol–water partition coefficient (Wildman–Crippen LogP) is 3.29. The molecule has 0 aliphatic heterocycles. The highest BCUT2D eigenvalue weighted by Crippen LogP contribution is 2.36. The molecule has 2 rings (SSSR count). The average Bonchev–Trinajstić information content (AvgIpc) is 2.92. The molecule has 1 aliphatic carbocycles. The normalized spacial score (nSPS) is 18.5. The molecule has 0 bridgehead atoms. The van der Waals surface area contributed by atoms with Crippen molar-refractivity contribution in [2.45, 2.75) is 46.0 Å². The van der Waals surface area contributed by atoms with E-state index >= 15 is 0 Å². The predicted molar refractivity (Wildman–Crippen MR) is 69.0 cm³/mol. The molecule has 0 aromatic carbocycles. The van der Waals surface area contributed by atoms with Crippen molar-refractivity contribution in [3.8, 4) is 0 Å². The van der Waals surface area contributed by atoms with E-state index in [4.69, 9.17) is 0 Å².